The number of carbonyl (C=O) groups is 1. The van der Waals surface area contributed by atoms with E-state index in [0.29, 0.717) is 19.1 Å². The highest BCUT2D eigenvalue weighted by molar-refractivity contribution is 5.75. The number of hydrogen-bond donors (Lipinski definition) is 1. The van der Waals surface area contributed by atoms with Crippen molar-refractivity contribution in [1.29, 1.82) is 0 Å². The average molecular weight is 421 g/mol. The van der Waals surface area contributed by atoms with Crippen LogP contribution in [0.3, 0.4) is 0 Å². The van der Waals surface area contributed by atoms with Gasteiger partial charge in [-0.25, -0.2) is 14.8 Å². The van der Waals surface area contributed by atoms with Gasteiger partial charge in [-0.2, -0.15) is 0 Å². The predicted molar refractivity (Wildman–Crippen MR) is 121 cm³/mol. The lowest BCUT2D eigenvalue weighted by molar-refractivity contribution is 0.184. The maximum Gasteiger partial charge on any atom is 0.317 e. The van der Waals surface area contributed by atoms with Gasteiger partial charge in [0.2, 0.25) is 0 Å². The zero-order valence-corrected chi connectivity index (χ0v) is 18.2. The summed E-state index contributed by atoms with van der Waals surface area (Å²) in [6, 6.07) is 4.33. The van der Waals surface area contributed by atoms with Crippen LogP contribution in [0.4, 0.5) is 10.6 Å². The summed E-state index contributed by atoms with van der Waals surface area (Å²) in [4.78, 5) is 31.4. The molecule has 1 saturated heterocycles. The molecule has 2 aromatic rings. The van der Waals surface area contributed by atoms with Crippen LogP contribution < -0.4 is 10.2 Å². The Morgan fingerprint density at radius 1 is 0.935 bits per heavy atom. The Labute approximate surface area is 184 Å². The third-order valence-corrected chi connectivity index (χ3v) is 6.85. The summed E-state index contributed by atoms with van der Waals surface area (Å²) in [6.07, 6.45) is 13.9. The molecule has 0 bridgehead atoms. The summed E-state index contributed by atoms with van der Waals surface area (Å²) in [5, 5.41) is 3.28. The van der Waals surface area contributed by atoms with Crippen LogP contribution in [-0.4, -0.2) is 51.6 Å². The Kier molecular flexibility index (Phi) is 6.00. The van der Waals surface area contributed by atoms with Gasteiger partial charge >= 0.3 is 6.03 Å². The third-order valence-electron chi connectivity index (χ3n) is 6.85. The van der Waals surface area contributed by atoms with Gasteiger partial charge in [-0.3, -0.25) is 4.98 Å². The summed E-state index contributed by atoms with van der Waals surface area (Å²) in [6.45, 7) is 3.34. The number of aromatic nitrogens is 3. The molecule has 2 aliphatic heterocycles. The van der Waals surface area contributed by atoms with Gasteiger partial charge in [0.25, 0.3) is 0 Å². The summed E-state index contributed by atoms with van der Waals surface area (Å²) in [5.74, 6) is 1.79. The normalized spacial score (nSPS) is 19.7. The molecule has 1 aliphatic carbocycles. The first kappa shape index (κ1) is 20.2. The number of piperidine rings is 1. The first-order chi connectivity index (χ1) is 15.3. The molecule has 3 aliphatic rings. The van der Waals surface area contributed by atoms with E-state index in [1.165, 1.54) is 38.5 Å². The van der Waals surface area contributed by atoms with Crippen LogP contribution in [0.1, 0.15) is 62.6 Å². The largest absolute Gasteiger partial charge is 0.356 e. The summed E-state index contributed by atoms with van der Waals surface area (Å²) in [5.41, 5.74) is 3.21. The number of pyridine rings is 1. The molecular formula is C24H32N6O. The second-order valence-corrected chi connectivity index (χ2v) is 9.04. The molecule has 2 fully saturated rings. The van der Waals surface area contributed by atoms with Crippen LogP contribution >= 0.6 is 0 Å². The molecule has 164 valence electrons. The molecule has 0 aromatic carbocycles. The van der Waals surface area contributed by atoms with Gasteiger partial charge in [0.1, 0.15) is 5.82 Å². The second-order valence-electron chi connectivity index (χ2n) is 9.04. The van der Waals surface area contributed by atoms with Gasteiger partial charge in [-0.1, -0.05) is 19.3 Å². The van der Waals surface area contributed by atoms with Crippen molar-refractivity contribution in [1.82, 2.24) is 25.2 Å². The van der Waals surface area contributed by atoms with Crippen LogP contribution in [0, 0.1) is 0 Å². The molecular weight excluding hydrogens is 388 g/mol. The Balaban J connectivity index is 1.42. The van der Waals surface area contributed by atoms with E-state index in [9.17, 15) is 4.79 Å². The first-order valence-electron chi connectivity index (χ1n) is 11.9. The highest BCUT2D eigenvalue weighted by atomic mass is 16.2. The molecule has 1 N–H and O–H groups in total. The number of fused-ring (bicyclic) bond motifs is 1. The maximum absolute atomic E-state index is 13.0. The molecule has 0 atom stereocenters. The van der Waals surface area contributed by atoms with E-state index in [1.54, 1.807) is 12.4 Å². The molecule has 0 spiro atoms. The lowest BCUT2D eigenvalue weighted by atomic mass is 9.95. The fourth-order valence-corrected chi connectivity index (χ4v) is 5.08. The molecule has 7 heteroatoms. The molecule has 4 heterocycles. The molecule has 0 radical (unpaired) electrons. The van der Waals surface area contributed by atoms with Crippen LogP contribution in [0.15, 0.2) is 24.5 Å². The number of carbonyl (C=O) groups excluding carboxylic acids is 1. The maximum atomic E-state index is 13.0. The zero-order chi connectivity index (χ0) is 21.0. The molecule has 5 rings (SSSR count). The van der Waals surface area contributed by atoms with Crippen LogP contribution in [0.2, 0.25) is 0 Å². The monoisotopic (exact) mass is 420 g/mol. The zero-order valence-electron chi connectivity index (χ0n) is 18.2. The van der Waals surface area contributed by atoms with Gasteiger partial charge in [0.15, 0.2) is 5.82 Å². The second kappa shape index (κ2) is 9.20. The highest BCUT2D eigenvalue weighted by Gasteiger charge is 2.29. The van der Waals surface area contributed by atoms with Crippen molar-refractivity contribution in [2.75, 3.05) is 24.5 Å². The minimum Gasteiger partial charge on any atom is -0.356 e. The number of nitrogens with zero attached hydrogens (tertiary/aromatic N) is 5. The van der Waals surface area contributed by atoms with Crippen molar-refractivity contribution in [3.63, 3.8) is 0 Å². The number of anilines is 1. The third kappa shape index (κ3) is 4.50. The van der Waals surface area contributed by atoms with E-state index >= 15 is 0 Å². The minimum absolute atomic E-state index is 0.0698. The van der Waals surface area contributed by atoms with Gasteiger partial charge in [0, 0.05) is 55.6 Å². The smallest absolute Gasteiger partial charge is 0.317 e. The lowest BCUT2D eigenvalue weighted by Gasteiger charge is -2.35. The fourth-order valence-electron chi connectivity index (χ4n) is 5.08. The molecule has 7 nitrogen and oxygen atoms in total. The van der Waals surface area contributed by atoms with Crippen LogP contribution in [0.5, 0.6) is 0 Å². The van der Waals surface area contributed by atoms with Crippen LogP contribution in [-0.2, 0) is 13.0 Å². The predicted octanol–water partition coefficient (Wildman–Crippen LogP) is 3.93. The van der Waals surface area contributed by atoms with E-state index in [-0.39, 0.29) is 6.03 Å². The van der Waals surface area contributed by atoms with Crippen molar-refractivity contribution in [2.24, 2.45) is 0 Å². The van der Waals surface area contributed by atoms with Crippen molar-refractivity contribution >= 4 is 11.8 Å². The Bertz CT molecular complexity index is 906. The first-order valence-corrected chi connectivity index (χ1v) is 11.9. The molecule has 1 saturated carbocycles. The van der Waals surface area contributed by atoms with Gasteiger partial charge < -0.3 is 15.1 Å². The number of rotatable bonds is 3. The summed E-state index contributed by atoms with van der Waals surface area (Å²) in [7, 11) is 0. The summed E-state index contributed by atoms with van der Waals surface area (Å²) < 4.78 is 0. The fraction of sp³-hybridized carbons (Fsp3) is 0.583. The number of urea groups is 1. The van der Waals surface area contributed by atoms with Crippen molar-refractivity contribution < 1.29 is 4.79 Å². The van der Waals surface area contributed by atoms with Crippen molar-refractivity contribution in [3.05, 3.63) is 35.8 Å². The topological polar surface area (TPSA) is 74.2 Å². The molecule has 31 heavy (non-hydrogen) atoms. The van der Waals surface area contributed by atoms with Crippen LogP contribution in [0.25, 0.3) is 11.4 Å². The number of hydrogen-bond acceptors (Lipinski definition) is 5. The summed E-state index contributed by atoms with van der Waals surface area (Å²) >= 11 is 0. The van der Waals surface area contributed by atoms with Crippen molar-refractivity contribution in [2.45, 2.75) is 70.4 Å². The van der Waals surface area contributed by atoms with E-state index in [4.69, 9.17) is 9.97 Å². The number of amides is 2. The molecule has 0 unspecified atom stereocenters. The Morgan fingerprint density at radius 2 is 1.68 bits per heavy atom. The quantitative estimate of drug-likeness (QED) is 0.814. The van der Waals surface area contributed by atoms with Gasteiger partial charge in [0.05, 0.1) is 12.2 Å². The molecule has 2 aromatic heterocycles. The van der Waals surface area contributed by atoms with E-state index in [1.807, 2.05) is 17.0 Å². The SMILES string of the molecule is O=C(NC1CCCCC1)N1CCc2nc(-c3ccncc3)nc(N3CCCCC3)c2C1. The van der Waals surface area contributed by atoms with Crippen molar-refractivity contribution in [3.8, 4) is 11.4 Å². The van der Waals surface area contributed by atoms with E-state index in [2.05, 4.69) is 15.2 Å². The number of nitrogens with one attached hydrogen (secondary N) is 1. The van der Waals surface area contributed by atoms with Gasteiger partial charge in [-0.05, 0) is 44.2 Å². The minimum atomic E-state index is 0.0698. The standard InChI is InChI=1S/C24H32N6O/c31-24(26-19-7-3-1-4-8-19)30-16-11-21-20(17-30)23(29-14-5-2-6-15-29)28-22(27-21)18-9-12-25-13-10-18/h9-10,12-13,19H,1-8,11,14-17H2,(H,26,31). The molecule has 2 amide bonds. The highest BCUT2D eigenvalue weighted by Crippen LogP contribution is 2.31. The Morgan fingerprint density at radius 3 is 2.45 bits per heavy atom. The average Bonchev–Trinajstić information content (AvgIpc) is 2.84. The van der Waals surface area contributed by atoms with E-state index < -0.39 is 0 Å². The Hall–Kier alpha value is -2.70. The van der Waals surface area contributed by atoms with Gasteiger partial charge in [-0.15, -0.1) is 0 Å². The lowest BCUT2D eigenvalue weighted by Crippen LogP contribution is -2.47. The van der Waals surface area contributed by atoms with E-state index in [0.717, 1.165) is 60.8 Å².